The molecule has 0 fully saturated rings. The van der Waals surface area contributed by atoms with E-state index in [4.69, 9.17) is 22.1 Å². The summed E-state index contributed by atoms with van der Waals surface area (Å²) in [6.07, 6.45) is 2.84. The van der Waals surface area contributed by atoms with Crippen molar-refractivity contribution in [2.24, 2.45) is 5.73 Å². The summed E-state index contributed by atoms with van der Waals surface area (Å²) in [5, 5.41) is 1.88. The SMILES string of the molecule is COc1cccc2c(Sc3cc(Cl)ccc3CCN)c[nH]c12. The van der Waals surface area contributed by atoms with E-state index in [1.165, 1.54) is 5.56 Å². The van der Waals surface area contributed by atoms with Gasteiger partial charge in [0.1, 0.15) is 5.75 Å². The quantitative estimate of drug-likeness (QED) is 0.724. The van der Waals surface area contributed by atoms with Crippen LogP contribution in [0.2, 0.25) is 5.02 Å². The Balaban J connectivity index is 2.02. The predicted molar refractivity (Wildman–Crippen MR) is 93.2 cm³/mol. The minimum absolute atomic E-state index is 0.622. The zero-order valence-electron chi connectivity index (χ0n) is 12.2. The number of H-pyrrole nitrogens is 1. The van der Waals surface area contributed by atoms with Crippen molar-refractivity contribution < 1.29 is 4.74 Å². The highest BCUT2D eigenvalue weighted by Crippen LogP contribution is 2.38. The van der Waals surface area contributed by atoms with E-state index < -0.39 is 0 Å². The van der Waals surface area contributed by atoms with Gasteiger partial charge in [-0.3, -0.25) is 0 Å². The second-order valence-corrected chi connectivity index (χ2v) is 6.45. The highest BCUT2D eigenvalue weighted by atomic mass is 35.5. The lowest BCUT2D eigenvalue weighted by molar-refractivity contribution is 0.419. The third kappa shape index (κ3) is 2.95. The Kier molecular flexibility index (Phi) is 4.62. The average Bonchev–Trinajstić information content (AvgIpc) is 2.93. The van der Waals surface area contributed by atoms with Crippen LogP contribution in [0.25, 0.3) is 10.9 Å². The van der Waals surface area contributed by atoms with Gasteiger partial charge in [0, 0.05) is 26.4 Å². The maximum atomic E-state index is 6.15. The predicted octanol–water partition coefficient (Wildman–Crippen LogP) is 4.48. The van der Waals surface area contributed by atoms with E-state index in [-0.39, 0.29) is 0 Å². The lowest BCUT2D eigenvalue weighted by Gasteiger charge is -2.08. The van der Waals surface area contributed by atoms with Crippen LogP contribution in [0.1, 0.15) is 5.56 Å². The lowest BCUT2D eigenvalue weighted by atomic mass is 10.1. The van der Waals surface area contributed by atoms with Crippen LogP contribution < -0.4 is 10.5 Å². The number of benzene rings is 2. The molecule has 22 heavy (non-hydrogen) atoms. The Morgan fingerprint density at radius 1 is 1.23 bits per heavy atom. The molecule has 0 spiro atoms. The first-order chi connectivity index (χ1) is 10.7. The minimum Gasteiger partial charge on any atom is -0.495 e. The molecule has 0 amide bonds. The van der Waals surface area contributed by atoms with Gasteiger partial charge in [0.15, 0.2) is 0 Å². The second-order valence-electron chi connectivity index (χ2n) is 4.93. The lowest BCUT2D eigenvalue weighted by Crippen LogP contribution is -2.03. The molecule has 1 heterocycles. The molecule has 3 N–H and O–H groups in total. The first-order valence-electron chi connectivity index (χ1n) is 7.03. The number of methoxy groups -OCH3 is 1. The number of halogens is 1. The van der Waals surface area contributed by atoms with Gasteiger partial charge in [-0.2, -0.15) is 0 Å². The number of aromatic amines is 1. The molecule has 0 saturated carbocycles. The Morgan fingerprint density at radius 2 is 2.09 bits per heavy atom. The molecule has 114 valence electrons. The van der Waals surface area contributed by atoms with Crippen molar-refractivity contribution in [3.8, 4) is 5.75 Å². The van der Waals surface area contributed by atoms with Gasteiger partial charge in [-0.1, -0.05) is 41.6 Å². The fraction of sp³-hybridized carbons (Fsp3) is 0.176. The maximum Gasteiger partial charge on any atom is 0.142 e. The van der Waals surface area contributed by atoms with E-state index >= 15 is 0 Å². The van der Waals surface area contributed by atoms with E-state index in [9.17, 15) is 0 Å². The van der Waals surface area contributed by atoms with E-state index in [1.54, 1.807) is 18.9 Å². The number of ether oxygens (including phenoxy) is 1. The van der Waals surface area contributed by atoms with Gasteiger partial charge in [0.05, 0.1) is 12.6 Å². The summed E-state index contributed by atoms with van der Waals surface area (Å²) < 4.78 is 5.39. The summed E-state index contributed by atoms with van der Waals surface area (Å²) >= 11 is 7.85. The van der Waals surface area contributed by atoms with Crippen LogP contribution in [0, 0.1) is 0 Å². The van der Waals surface area contributed by atoms with Crippen LogP contribution in [0.15, 0.2) is 52.4 Å². The molecule has 3 aromatic rings. The normalized spacial score (nSPS) is 11.0. The number of para-hydroxylation sites is 1. The largest absolute Gasteiger partial charge is 0.495 e. The zero-order valence-corrected chi connectivity index (χ0v) is 13.8. The molecule has 0 aliphatic heterocycles. The summed E-state index contributed by atoms with van der Waals surface area (Å²) in [7, 11) is 1.68. The molecule has 0 unspecified atom stereocenters. The van der Waals surface area contributed by atoms with Crippen molar-refractivity contribution in [2.75, 3.05) is 13.7 Å². The minimum atomic E-state index is 0.622. The van der Waals surface area contributed by atoms with Crippen molar-refractivity contribution in [1.82, 2.24) is 4.98 Å². The molecule has 0 radical (unpaired) electrons. The number of nitrogens with one attached hydrogen (secondary N) is 1. The number of aromatic nitrogens is 1. The van der Waals surface area contributed by atoms with Crippen LogP contribution in [0.4, 0.5) is 0 Å². The van der Waals surface area contributed by atoms with Crippen LogP contribution in [0.3, 0.4) is 0 Å². The number of hydrogen-bond acceptors (Lipinski definition) is 3. The smallest absolute Gasteiger partial charge is 0.142 e. The molecular formula is C17H17ClN2OS. The topological polar surface area (TPSA) is 51.0 Å². The number of fused-ring (bicyclic) bond motifs is 1. The molecule has 0 aliphatic rings. The van der Waals surface area contributed by atoms with Crippen molar-refractivity contribution in [3.63, 3.8) is 0 Å². The average molecular weight is 333 g/mol. The molecule has 5 heteroatoms. The Bertz CT molecular complexity index is 800. The van der Waals surface area contributed by atoms with Gasteiger partial charge in [0.25, 0.3) is 0 Å². The van der Waals surface area contributed by atoms with E-state index in [2.05, 4.69) is 11.1 Å². The van der Waals surface area contributed by atoms with Gasteiger partial charge in [0.2, 0.25) is 0 Å². The van der Waals surface area contributed by atoms with E-state index in [0.29, 0.717) is 6.54 Å². The highest BCUT2D eigenvalue weighted by Gasteiger charge is 2.11. The first kappa shape index (κ1) is 15.3. The summed E-state index contributed by atoms with van der Waals surface area (Å²) in [4.78, 5) is 5.58. The summed E-state index contributed by atoms with van der Waals surface area (Å²) in [5.74, 6) is 0.845. The maximum absolute atomic E-state index is 6.15. The van der Waals surface area contributed by atoms with Crippen molar-refractivity contribution >= 4 is 34.3 Å². The fourth-order valence-electron chi connectivity index (χ4n) is 2.46. The highest BCUT2D eigenvalue weighted by molar-refractivity contribution is 7.99. The van der Waals surface area contributed by atoms with Crippen LogP contribution in [-0.2, 0) is 6.42 Å². The Morgan fingerprint density at radius 3 is 2.86 bits per heavy atom. The fourth-order valence-corrected chi connectivity index (χ4v) is 3.82. The molecule has 2 aromatic carbocycles. The number of hydrogen-bond donors (Lipinski definition) is 2. The van der Waals surface area contributed by atoms with Crippen molar-refractivity contribution in [1.29, 1.82) is 0 Å². The van der Waals surface area contributed by atoms with Crippen LogP contribution in [0.5, 0.6) is 5.75 Å². The zero-order chi connectivity index (χ0) is 15.5. The van der Waals surface area contributed by atoms with Crippen LogP contribution >= 0.6 is 23.4 Å². The standard InChI is InChI=1S/C17H17ClN2OS/c1-21-14-4-2-3-13-16(10-20-17(13)14)22-15-9-12(18)6-5-11(15)7-8-19/h2-6,9-10,20H,7-8,19H2,1H3. The molecule has 0 atom stereocenters. The first-order valence-corrected chi connectivity index (χ1v) is 8.23. The third-order valence-corrected chi connectivity index (χ3v) is 4.91. The number of rotatable bonds is 5. The van der Waals surface area contributed by atoms with Gasteiger partial charge >= 0.3 is 0 Å². The third-order valence-electron chi connectivity index (χ3n) is 3.52. The van der Waals surface area contributed by atoms with Gasteiger partial charge < -0.3 is 15.5 Å². The van der Waals surface area contributed by atoms with Gasteiger partial charge in [-0.15, -0.1) is 0 Å². The Hall–Kier alpha value is -1.62. The molecule has 3 nitrogen and oxygen atoms in total. The molecule has 0 saturated heterocycles. The monoisotopic (exact) mass is 332 g/mol. The van der Waals surface area contributed by atoms with Crippen LogP contribution in [-0.4, -0.2) is 18.6 Å². The molecule has 1 aromatic heterocycles. The molecule has 0 bridgehead atoms. The van der Waals surface area contributed by atoms with E-state index in [1.807, 2.05) is 36.5 Å². The summed E-state index contributed by atoms with van der Waals surface area (Å²) in [6, 6.07) is 12.0. The molecular weight excluding hydrogens is 316 g/mol. The molecule has 0 aliphatic carbocycles. The summed E-state index contributed by atoms with van der Waals surface area (Å²) in [6.45, 7) is 0.622. The summed E-state index contributed by atoms with van der Waals surface area (Å²) in [5.41, 5.74) is 7.93. The number of nitrogens with two attached hydrogens (primary N) is 1. The Labute approximate surface area is 138 Å². The van der Waals surface area contributed by atoms with Gasteiger partial charge in [-0.25, -0.2) is 0 Å². The van der Waals surface area contributed by atoms with Crippen molar-refractivity contribution in [3.05, 3.63) is 53.2 Å². The second kappa shape index (κ2) is 6.65. The van der Waals surface area contributed by atoms with E-state index in [0.717, 1.165) is 37.9 Å². The van der Waals surface area contributed by atoms with Crippen molar-refractivity contribution in [2.45, 2.75) is 16.2 Å². The molecule has 3 rings (SSSR count). The van der Waals surface area contributed by atoms with Gasteiger partial charge in [-0.05, 0) is 36.7 Å².